The third kappa shape index (κ3) is 13.3. The lowest BCUT2D eigenvalue weighted by Gasteiger charge is -2.02. The number of aliphatic hydroxyl groups excluding tert-OH is 1. The number of carbonyl (C=O) groups excluding carboxylic acids is 1. The van der Waals surface area contributed by atoms with Gasteiger partial charge in [0, 0.05) is 6.42 Å². The summed E-state index contributed by atoms with van der Waals surface area (Å²) in [5.74, 6) is 0.258. The topological polar surface area (TPSA) is 37.3 Å². The van der Waals surface area contributed by atoms with E-state index in [4.69, 9.17) is 0 Å². The minimum atomic E-state index is -0.267. The first-order valence-electron chi connectivity index (χ1n) is 7.93. The molecule has 0 aromatic heterocycles. The maximum atomic E-state index is 10.6. The van der Waals surface area contributed by atoms with Crippen LogP contribution in [0.5, 0.6) is 0 Å². The van der Waals surface area contributed by atoms with Crippen LogP contribution in [-0.4, -0.2) is 17.0 Å². The van der Waals surface area contributed by atoms with Crippen molar-refractivity contribution >= 4 is 5.78 Å². The number of benzene rings is 1. The van der Waals surface area contributed by atoms with Gasteiger partial charge in [0.05, 0.1) is 6.10 Å². The molecule has 1 rings (SSSR count). The van der Waals surface area contributed by atoms with Gasteiger partial charge in [-0.15, -0.1) is 0 Å². The van der Waals surface area contributed by atoms with Crippen molar-refractivity contribution in [1.29, 1.82) is 0 Å². The van der Waals surface area contributed by atoms with Crippen molar-refractivity contribution < 1.29 is 9.90 Å². The standard InChI is InChI=1S/C10H12O.C10H18O/c1-9(11)7-8-10-5-3-2-4-6-10;1-4-5-6-7-10(11)8-9(2)3/h2-6H,7-8H2,1H3;4-5,8,10-11H,6-7H2,1-3H3. The predicted octanol–water partition coefficient (Wildman–Crippen LogP) is 4.88. The maximum absolute atomic E-state index is 10.6. The Hall–Kier alpha value is -1.67. The highest BCUT2D eigenvalue weighted by atomic mass is 16.3. The lowest BCUT2D eigenvalue weighted by atomic mass is 10.1. The molecule has 0 heterocycles. The van der Waals surface area contributed by atoms with Gasteiger partial charge in [-0.3, -0.25) is 0 Å². The van der Waals surface area contributed by atoms with E-state index in [1.807, 2.05) is 63.3 Å². The summed E-state index contributed by atoms with van der Waals surface area (Å²) in [5, 5.41) is 9.34. The van der Waals surface area contributed by atoms with Crippen molar-refractivity contribution in [3.05, 3.63) is 59.7 Å². The number of allylic oxidation sites excluding steroid dienone is 3. The van der Waals surface area contributed by atoms with Crippen molar-refractivity contribution in [2.24, 2.45) is 0 Å². The molecule has 0 aliphatic heterocycles. The summed E-state index contributed by atoms with van der Waals surface area (Å²) >= 11 is 0. The molecule has 0 radical (unpaired) electrons. The second-order valence-corrected chi connectivity index (χ2v) is 5.65. The van der Waals surface area contributed by atoms with Gasteiger partial charge in [-0.05, 0) is 52.5 Å². The van der Waals surface area contributed by atoms with Gasteiger partial charge in [-0.1, -0.05) is 54.1 Å². The number of rotatable bonds is 7. The number of ketones is 1. The molecule has 0 saturated carbocycles. The van der Waals surface area contributed by atoms with Crippen LogP contribution in [0.25, 0.3) is 0 Å². The summed E-state index contributed by atoms with van der Waals surface area (Å²) in [7, 11) is 0. The summed E-state index contributed by atoms with van der Waals surface area (Å²) in [6, 6.07) is 10.1. The van der Waals surface area contributed by atoms with E-state index in [9.17, 15) is 9.90 Å². The fourth-order valence-corrected chi connectivity index (χ4v) is 1.87. The molecule has 0 amide bonds. The molecule has 22 heavy (non-hydrogen) atoms. The lowest BCUT2D eigenvalue weighted by molar-refractivity contribution is -0.116. The third-order valence-corrected chi connectivity index (χ3v) is 3.00. The number of hydrogen-bond donors (Lipinski definition) is 1. The highest BCUT2D eigenvalue weighted by Crippen LogP contribution is 2.03. The van der Waals surface area contributed by atoms with Crippen LogP contribution in [0.2, 0.25) is 0 Å². The zero-order valence-corrected chi connectivity index (χ0v) is 14.4. The Morgan fingerprint density at radius 2 is 1.82 bits per heavy atom. The van der Waals surface area contributed by atoms with Crippen molar-refractivity contribution in [2.75, 3.05) is 0 Å². The Balaban J connectivity index is 0.000000401. The van der Waals surface area contributed by atoms with Gasteiger partial charge in [-0.25, -0.2) is 0 Å². The SMILES string of the molecule is CC(=O)CCc1ccccc1.CC=CCCC(O)C=C(C)C. The molecule has 0 saturated heterocycles. The maximum Gasteiger partial charge on any atom is 0.130 e. The van der Waals surface area contributed by atoms with E-state index in [0.29, 0.717) is 6.42 Å². The van der Waals surface area contributed by atoms with Gasteiger partial charge in [0.1, 0.15) is 5.78 Å². The van der Waals surface area contributed by atoms with Gasteiger partial charge < -0.3 is 9.90 Å². The number of aliphatic hydroxyl groups is 1. The largest absolute Gasteiger partial charge is 0.389 e. The number of carbonyl (C=O) groups is 1. The molecule has 2 nitrogen and oxygen atoms in total. The Bertz CT molecular complexity index is 454. The van der Waals surface area contributed by atoms with E-state index in [1.165, 1.54) is 11.1 Å². The first-order chi connectivity index (χ1) is 10.5. The molecule has 0 bridgehead atoms. The Morgan fingerprint density at radius 1 is 1.18 bits per heavy atom. The monoisotopic (exact) mass is 302 g/mol. The molecule has 1 N–H and O–H groups in total. The second kappa shape index (κ2) is 13.0. The molecule has 1 aromatic rings. The van der Waals surface area contributed by atoms with E-state index in [2.05, 4.69) is 6.08 Å². The lowest BCUT2D eigenvalue weighted by Crippen LogP contribution is -2.01. The predicted molar refractivity (Wildman–Crippen MR) is 94.9 cm³/mol. The smallest absolute Gasteiger partial charge is 0.130 e. The van der Waals surface area contributed by atoms with Gasteiger partial charge in [0.25, 0.3) is 0 Å². The number of hydrogen-bond acceptors (Lipinski definition) is 2. The van der Waals surface area contributed by atoms with Crippen LogP contribution >= 0.6 is 0 Å². The highest BCUT2D eigenvalue weighted by molar-refractivity contribution is 5.75. The molecule has 0 fully saturated rings. The Morgan fingerprint density at radius 3 is 2.32 bits per heavy atom. The summed E-state index contributed by atoms with van der Waals surface area (Å²) in [4.78, 5) is 10.6. The molecule has 1 aromatic carbocycles. The minimum absolute atomic E-state index is 0.258. The van der Waals surface area contributed by atoms with Crippen LogP contribution < -0.4 is 0 Å². The van der Waals surface area contributed by atoms with Crippen molar-refractivity contribution in [3.63, 3.8) is 0 Å². The van der Waals surface area contributed by atoms with E-state index >= 15 is 0 Å². The summed E-state index contributed by atoms with van der Waals surface area (Å²) in [5.41, 5.74) is 2.42. The quantitative estimate of drug-likeness (QED) is 0.729. The first-order valence-corrected chi connectivity index (χ1v) is 7.93. The van der Waals surface area contributed by atoms with Crippen LogP contribution in [0.4, 0.5) is 0 Å². The fraction of sp³-hybridized carbons (Fsp3) is 0.450. The minimum Gasteiger partial charge on any atom is -0.389 e. The molecule has 122 valence electrons. The van der Waals surface area contributed by atoms with E-state index in [0.717, 1.165) is 19.3 Å². The molecule has 0 aliphatic rings. The average molecular weight is 302 g/mol. The summed E-state index contributed by atoms with van der Waals surface area (Å²) in [6.07, 6.45) is 9.02. The summed E-state index contributed by atoms with van der Waals surface area (Å²) in [6.45, 7) is 7.62. The molecule has 0 spiro atoms. The van der Waals surface area contributed by atoms with E-state index < -0.39 is 0 Å². The normalized spacial score (nSPS) is 11.5. The summed E-state index contributed by atoms with van der Waals surface area (Å²) < 4.78 is 0. The van der Waals surface area contributed by atoms with Crippen LogP contribution in [0.3, 0.4) is 0 Å². The van der Waals surface area contributed by atoms with E-state index in [1.54, 1.807) is 6.92 Å². The molecular weight excluding hydrogens is 272 g/mol. The van der Waals surface area contributed by atoms with Crippen molar-refractivity contribution in [3.8, 4) is 0 Å². The number of aryl methyl sites for hydroxylation is 1. The van der Waals surface area contributed by atoms with Gasteiger partial charge in [0.15, 0.2) is 0 Å². The van der Waals surface area contributed by atoms with Crippen LogP contribution in [-0.2, 0) is 11.2 Å². The third-order valence-electron chi connectivity index (χ3n) is 3.00. The Labute approximate surface area is 135 Å². The molecule has 0 aliphatic carbocycles. The van der Waals surface area contributed by atoms with Crippen LogP contribution in [0, 0.1) is 0 Å². The molecular formula is C20H30O2. The molecule has 1 unspecified atom stereocenters. The zero-order chi connectivity index (χ0) is 16.8. The molecule has 2 heteroatoms. The van der Waals surface area contributed by atoms with Crippen LogP contribution in [0.15, 0.2) is 54.1 Å². The fourth-order valence-electron chi connectivity index (χ4n) is 1.87. The Kier molecular flexibility index (Phi) is 12.0. The molecule has 1 atom stereocenters. The number of Topliss-reactive ketones (excluding diaryl/α,β-unsaturated/α-hetero) is 1. The zero-order valence-electron chi connectivity index (χ0n) is 14.4. The van der Waals surface area contributed by atoms with Gasteiger partial charge >= 0.3 is 0 Å². The second-order valence-electron chi connectivity index (χ2n) is 5.65. The van der Waals surface area contributed by atoms with Gasteiger partial charge in [0.2, 0.25) is 0 Å². The highest BCUT2D eigenvalue weighted by Gasteiger charge is 1.96. The van der Waals surface area contributed by atoms with E-state index in [-0.39, 0.29) is 11.9 Å². The van der Waals surface area contributed by atoms with Gasteiger partial charge in [-0.2, -0.15) is 0 Å². The average Bonchev–Trinajstić information content (AvgIpc) is 2.46. The van der Waals surface area contributed by atoms with Crippen molar-refractivity contribution in [1.82, 2.24) is 0 Å². The first kappa shape index (κ1) is 20.3. The van der Waals surface area contributed by atoms with Crippen LogP contribution in [0.1, 0.15) is 52.5 Å². The van der Waals surface area contributed by atoms with Crippen molar-refractivity contribution in [2.45, 2.75) is 59.5 Å².